The second kappa shape index (κ2) is 8.28. The van der Waals surface area contributed by atoms with Gasteiger partial charge >= 0.3 is 0 Å². The van der Waals surface area contributed by atoms with Crippen molar-refractivity contribution in [1.82, 2.24) is 14.6 Å². The number of hydrogen-bond acceptors (Lipinski definition) is 4. The number of amides is 1. The maximum Gasteiger partial charge on any atom is 0.267 e. The number of carbonyl (C=O) groups is 1. The van der Waals surface area contributed by atoms with Crippen LogP contribution in [0.3, 0.4) is 0 Å². The third-order valence-electron chi connectivity index (χ3n) is 4.29. The van der Waals surface area contributed by atoms with Gasteiger partial charge in [0.2, 0.25) is 10.0 Å². The summed E-state index contributed by atoms with van der Waals surface area (Å²) in [5, 5.41) is 2.83. The second-order valence-corrected chi connectivity index (χ2v) is 9.42. The van der Waals surface area contributed by atoms with Crippen molar-refractivity contribution >= 4 is 27.7 Å². The van der Waals surface area contributed by atoms with Crippen molar-refractivity contribution in [3.05, 3.63) is 53.3 Å². The van der Waals surface area contributed by atoms with E-state index >= 15 is 0 Å². The molecule has 140 valence electrons. The first-order valence-corrected chi connectivity index (χ1v) is 11.2. The molecule has 0 spiro atoms. The molecule has 0 radical (unpaired) electrons. The molecule has 0 atom stereocenters. The number of thioether (sulfide) groups is 1. The molecule has 2 heterocycles. The molecule has 3 rings (SSSR count). The van der Waals surface area contributed by atoms with Crippen LogP contribution in [0.4, 0.5) is 0 Å². The van der Waals surface area contributed by atoms with Crippen molar-refractivity contribution in [2.24, 2.45) is 0 Å². The molecule has 1 aliphatic rings. The fourth-order valence-electron chi connectivity index (χ4n) is 2.87. The number of nitrogens with zero attached hydrogens (tertiary/aromatic N) is 1. The first-order chi connectivity index (χ1) is 12.5. The molecule has 0 aliphatic carbocycles. The molecule has 1 fully saturated rings. The fourth-order valence-corrected chi connectivity index (χ4v) is 5.44. The predicted octanol–water partition coefficient (Wildman–Crippen LogP) is 2.03. The van der Waals surface area contributed by atoms with E-state index < -0.39 is 10.0 Å². The molecule has 0 saturated carbocycles. The van der Waals surface area contributed by atoms with E-state index in [1.54, 1.807) is 11.8 Å². The van der Waals surface area contributed by atoms with Gasteiger partial charge in [0, 0.05) is 37.3 Å². The van der Waals surface area contributed by atoms with Crippen molar-refractivity contribution in [2.75, 3.05) is 31.1 Å². The molecule has 6 nitrogen and oxygen atoms in total. The molecule has 0 unspecified atom stereocenters. The van der Waals surface area contributed by atoms with Gasteiger partial charge in [-0.1, -0.05) is 29.8 Å². The van der Waals surface area contributed by atoms with Crippen molar-refractivity contribution in [3.63, 3.8) is 0 Å². The summed E-state index contributed by atoms with van der Waals surface area (Å²) in [6, 6.07) is 9.55. The van der Waals surface area contributed by atoms with E-state index in [-0.39, 0.29) is 16.5 Å². The van der Waals surface area contributed by atoms with Crippen LogP contribution in [-0.4, -0.2) is 54.8 Å². The van der Waals surface area contributed by atoms with E-state index in [9.17, 15) is 13.2 Å². The van der Waals surface area contributed by atoms with E-state index in [1.807, 2.05) is 25.1 Å². The third kappa shape index (κ3) is 4.49. The number of sulfonamides is 1. The molecule has 1 aliphatic heterocycles. The van der Waals surface area contributed by atoms with Crippen LogP contribution in [0.15, 0.2) is 41.4 Å². The topological polar surface area (TPSA) is 82.3 Å². The standard InChI is InChI=1S/C18H23N3O3S2/c1-14-3-2-4-15(11-14)5-6-19-18(22)17-12-16(13-20-17)26(23,24)21-7-9-25-10-8-21/h2-4,11-13,20H,5-10H2,1H3,(H,19,22). The summed E-state index contributed by atoms with van der Waals surface area (Å²) >= 11 is 1.75. The Morgan fingerprint density at radius 1 is 1.27 bits per heavy atom. The minimum atomic E-state index is -3.53. The molecular formula is C18H23N3O3S2. The van der Waals surface area contributed by atoms with E-state index in [2.05, 4.69) is 16.4 Å². The van der Waals surface area contributed by atoms with Crippen molar-refractivity contribution < 1.29 is 13.2 Å². The highest BCUT2D eigenvalue weighted by molar-refractivity contribution is 7.99. The number of nitrogens with one attached hydrogen (secondary N) is 2. The summed E-state index contributed by atoms with van der Waals surface area (Å²) in [6.45, 7) is 3.54. The van der Waals surface area contributed by atoms with Gasteiger partial charge in [0.1, 0.15) is 10.6 Å². The lowest BCUT2D eigenvalue weighted by Crippen LogP contribution is -2.37. The maximum atomic E-state index is 12.6. The van der Waals surface area contributed by atoms with E-state index in [1.165, 1.54) is 22.1 Å². The van der Waals surface area contributed by atoms with E-state index in [4.69, 9.17) is 0 Å². The zero-order valence-electron chi connectivity index (χ0n) is 14.7. The van der Waals surface area contributed by atoms with Gasteiger partial charge in [0.25, 0.3) is 5.91 Å². The molecule has 1 saturated heterocycles. The van der Waals surface area contributed by atoms with Crippen LogP contribution in [0, 0.1) is 6.92 Å². The Morgan fingerprint density at radius 3 is 2.77 bits per heavy atom. The minimum absolute atomic E-state index is 0.147. The quantitative estimate of drug-likeness (QED) is 0.787. The summed E-state index contributed by atoms with van der Waals surface area (Å²) in [5.74, 6) is 1.31. The predicted molar refractivity (Wildman–Crippen MR) is 104 cm³/mol. The largest absolute Gasteiger partial charge is 0.356 e. The number of H-pyrrole nitrogens is 1. The number of hydrogen-bond donors (Lipinski definition) is 2. The summed E-state index contributed by atoms with van der Waals surface area (Å²) in [5.41, 5.74) is 2.60. The van der Waals surface area contributed by atoms with Crippen LogP contribution >= 0.6 is 11.8 Å². The van der Waals surface area contributed by atoms with E-state index in [0.29, 0.717) is 19.6 Å². The van der Waals surface area contributed by atoms with E-state index in [0.717, 1.165) is 23.5 Å². The number of rotatable bonds is 6. The molecular weight excluding hydrogens is 370 g/mol. The molecule has 0 bridgehead atoms. The highest BCUT2D eigenvalue weighted by Gasteiger charge is 2.27. The van der Waals surface area contributed by atoms with Gasteiger partial charge in [-0.3, -0.25) is 4.79 Å². The zero-order valence-corrected chi connectivity index (χ0v) is 16.3. The lowest BCUT2D eigenvalue weighted by atomic mass is 10.1. The Labute approximate surface area is 158 Å². The van der Waals surface area contributed by atoms with Crippen LogP contribution < -0.4 is 5.32 Å². The first kappa shape index (κ1) is 19.0. The Hall–Kier alpha value is -1.77. The van der Waals surface area contributed by atoms with Gasteiger partial charge in [0.15, 0.2) is 0 Å². The van der Waals surface area contributed by atoms with Crippen LogP contribution in [0.5, 0.6) is 0 Å². The molecule has 26 heavy (non-hydrogen) atoms. The summed E-state index contributed by atoms with van der Waals surface area (Å²) in [4.78, 5) is 15.2. The Kier molecular flexibility index (Phi) is 6.05. The van der Waals surface area contributed by atoms with Crippen molar-refractivity contribution in [1.29, 1.82) is 0 Å². The summed E-state index contributed by atoms with van der Waals surface area (Å²) in [7, 11) is -3.53. The molecule has 1 aromatic carbocycles. The smallest absolute Gasteiger partial charge is 0.267 e. The highest BCUT2D eigenvalue weighted by atomic mass is 32.2. The molecule has 1 amide bonds. The number of aromatic nitrogens is 1. The Morgan fingerprint density at radius 2 is 2.04 bits per heavy atom. The van der Waals surface area contributed by atoms with Gasteiger partial charge in [0.05, 0.1) is 0 Å². The molecule has 2 aromatic rings. The van der Waals surface area contributed by atoms with Gasteiger partial charge in [-0.25, -0.2) is 8.42 Å². The highest BCUT2D eigenvalue weighted by Crippen LogP contribution is 2.20. The normalized spacial score (nSPS) is 15.7. The number of carbonyl (C=O) groups excluding carboxylic acids is 1. The minimum Gasteiger partial charge on any atom is -0.356 e. The zero-order chi connectivity index (χ0) is 18.6. The lowest BCUT2D eigenvalue weighted by molar-refractivity contribution is 0.0949. The number of aromatic amines is 1. The van der Waals surface area contributed by atoms with Gasteiger partial charge < -0.3 is 10.3 Å². The van der Waals surface area contributed by atoms with Crippen molar-refractivity contribution in [3.8, 4) is 0 Å². The molecule has 2 N–H and O–H groups in total. The van der Waals surface area contributed by atoms with Crippen LogP contribution in [0.1, 0.15) is 21.6 Å². The number of benzene rings is 1. The van der Waals surface area contributed by atoms with Gasteiger partial charge in [-0.05, 0) is 25.0 Å². The lowest BCUT2D eigenvalue weighted by Gasteiger charge is -2.24. The Bertz CT molecular complexity index is 871. The van der Waals surface area contributed by atoms with Crippen molar-refractivity contribution in [2.45, 2.75) is 18.2 Å². The molecule has 8 heteroatoms. The number of aryl methyl sites for hydroxylation is 1. The average molecular weight is 394 g/mol. The Balaban J connectivity index is 1.59. The van der Waals surface area contributed by atoms with Gasteiger partial charge in [-0.15, -0.1) is 0 Å². The van der Waals surface area contributed by atoms with Crippen LogP contribution in [-0.2, 0) is 16.4 Å². The second-order valence-electron chi connectivity index (χ2n) is 6.26. The van der Waals surface area contributed by atoms with Crippen LogP contribution in [0.25, 0.3) is 0 Å². The third-order valence-corrected chi connectivity index (χ3v) is 7.11. The monoisotopic (exact) mass is 393 g/mol. The first-order valence-electron chi connectivity index (χ1n) is 8.57. The maximum absolute atomic E-state index is 12.6. The SMILES string of the molecule is Cc1cccc(CCNC(=O)c2cc(S(=O)(=O)N3CCSCC3)c[nH]2)c1. The van der Waals surface area contributed by atoms with Crippen LogP contribution in [0.2, 0.25) is 0 Å². The summed E-state index contributed by atoms with van der Waals surface area (Å²) < 4.78 is 26.7. The van der Waals surface area contributed by atoms with Gasteiger partial charge in [-0.2, -0.15) is 16.1 Å². The fraction of sp³-hybridized carbons (Fsp3) is 0.389. The summed E-state index contributed by atoms with van der Waals surface area (Å²) in [6.07, 6.45) is 2.12. The average Bonchev–Trinajstić information content (AvgIpc) is 3.13. The molecule has 1 aromatic heterocycles.